The molecule has 2 unspecified atom stereocenters. The molecule has 1 heterocycles. The highest BCUT2D eigenvalue weighted by molar-refractivity contribution is 5.84. The number of allylic oxidation sites excluding steroid dienone is 4. The van der Waals surface area contributed by atoms with Crippen molar-refractivity contribution in [3.8, 4) is 0 Å². The van der Waals surface area contributed by atoms with E-state index < -0.39 is 11.6 Å². The number of likely N-dealkylation sites (tertiary alicyclic amines) is 1. The lowest BCUT2D eigenvalue weighted by Crippen LogP contribution is -2.47. The fourth-order valence-corrected chi connectivity index (χ4v) is 3.11. The highest BCUT2D eigenvalue weighted by Crippen LogP contribution is 2.31. The maximum atomic E-state index is 12.6. The third-order valence-corrected chi connectivity index (χ3v) is 4.16. The van der Waals surface area contributed by atoms with Gasteiger partial charge in [-0.25, -0.2) is 0 Å². The molecular weight excluding hydrogens is 292 g/mol. The smallest absolute Gasteiger partial charge is 0.308 e. The van der Waals surface area contributed by atoms with Gasteiger partial charge in [-0.05, 0) is 46.1 Å². The Balaban J connectivity index is 2.10. The summed E-state index contributed by atoms with van der Waals surface area (Å²) >= 11 is 0. The van der Waals surface area contributed by atoms with Crippen molar-refractivity contribution in [1.82, 2.24) is 4.90 Å². The van der Waals surface area contributed by atoms with Gasteiger partial charge < -0.3 is 15.4 Å². The Morgan fingerprint density at radius 2 is 2.13 bits per heavy atom. The van der Waals surface area contributed by atoms with Crippen molar-refractivity contribution in [2.24, 2.45) is 11.7 Å². The van der Waals surface area contributed by atoms with E-state index >= 15 is 0 Å². The van der Waals surface area contributed by atoms with Crippen LogP contribution in [-0.4, -0.2) is 35.0 Å². The van der Waals surface area contributed by atoms with Crippen molar-refractivity contribution in [2.45, 2.75) is 64.5 Å². The van der Waals surface area contributed by atoms with Crippen LogP contribution in [0.4, 0.5) is 0 Å². The summed E-state index contributed by atoms with van der Waals surface area (Å²) in [5.41, 5.74) is 6.50. The number of hydrogen-bond acceptors (Lipinski definition) is 4. The molecule has 0 spiro atoms. The molecule has 1 aliphatic heterocycles. The van der Waals surface area contributed by atoms with Crippen molar-refractivity contribution in [2.75, 3.05) is 6.54 Å². The number of carbonyl (C=O) groups excluding carboxylic acids is 2. The molecule has 2 N–H and O–H groups in total. The lowest BCUT2D eigenvalue weighted by atomic mass is 9.87. The minimum absolute atomic E-state index is 0.0835. The van der Waals surface area contributed by atoms with E-state index in [1.54, 1.807) is 4.90 Å². The maximum Gasteiger partial charge on any atom is 0.308 e. The number of hydrogen-bond donors (Lipinski definition) is 1. The zero-order valence-electron chi connectivity index (χ0n) is 14.4. The number of nitrogens with two attached hydrogens (primary N) is 1. The number of ether oxygens (including phenoxy) is 1. The summed E-state index contributed by atoms with van der Waals surface area (Å²) in [6.07, 6.45) is 9.91. The van der Waals surface area contributed by atoms with E-state index in [0.29, 0.717) is 18.9 Å². The van der Waals surface area contributed by atoms with E-state index in [1.165, 1.54) is 0 Å². The van der Waals surface area contributed by atoms with Crippen LogP contribution in [0.5, 0.6) is 0 Å². The predicted octanol–water partition coefficient (Wildman–Crippen LogP) is 2.52. The summed E-state index contributed by atoms with van der Waals surface area (Å²) in [5.74, 6) is -0.0284. The number of nitrogens with zero attached hydrogens (tertiary/aromatic N) is 1. The average Bonchev–Trinajstić information content (AvgIpc) is 2.45. The van der Waals surface area contributed by atoms with Gasteiger partial charge in [0.05, 0.1) is 12.5 Å². The minimum Gasteiger partial charge on any atom is -0.460 e. The van der Waals surface area contributed by atoms with Gasteiger partial charge in [-0.3, -0.25) is 9.59 Å². The van der Waals surface area contributed by atoms with Crippen molar-refractivity contribution in [3.63, 3.8) is 0 Å². The molecule has 0 bridgehead atoms. The zero-order valence-corrected chi connectivity index (χ0v) is 14.4. The van der Waals surface area contributed by atoms with Crippen LogP contribution in [0.15, 0.2) is 23.9 Å². The Hall–Kier alpha value is -1.62. The van der Waals surface area contributed by atoms with Gasteiger partial charge in [0.25, 0.3) is 0 Å². The molecule has 1 aliphatic carbocycles. The van der Waals surface area contributed by atoms with Crippen LogP contribution in [0.3, 0.4) is 0 Å². The summed E-state index contributed by atoms with van der Waals surface area (Å²) in [4.78, 5) is 26.3. The van der Waals surface area contributed by atoms with E-state index in [9.17, 15) is 9.59 Å². The number of rotatable bonds is 3. The van der Waals surface area contributed by atoms with Gasteiger partial charge >= 0.3 is 5.97 Å². The molecule has 0 saturated carbocycles. The van der Waals surface area contributed by atoms with Gasteiger partial charge in [-0.1, -0.05) is 18.6 Å². The summed E-state index contributed by atoms with van der Waals surface area (Å²) in [7, 11) is 0. The molecule has 0 radical (unpaired) electrons. The second-order valence-electron chi connectivity index (χ2n) is 7.32. The summed E-state index contributed by atoms with van der Waals surface area (Å²) < 4.78 is 5.34. The quantitative estimate of drug-likeness (QED) is 0.811. The molecule has 0 aromatic rings. The van der Waals surface area contributed by atoms with Gasteiger partial charge in [0, 0.05) is 18.2 Å². The topological polar surface area (TPSA) is 72.6 Å². The second kappa shape index (κ2) is 7.30. The van der Waals surface area contributed by atoms with Gasteiger partial charge in [0.2, 0.25) is 5.91 Å². The molecule has 128 valence electrons. The number of amides is 1. The monoisotopic (exact) mass is 320 g/mol. The van der Waals surface area contributed by atoms with Crippen molar-refractivity contribution >= 4 is 11.9 Å². The molecule has 0 aromatic heterocycles. The fraction of sp³-hybridized carbons (Fsp3) is 0.667. The summed E-state index contributed by atoms with van der Waals surface area (Å²) in [5, 5.41) is 0. The van der Waals surface area contributed by atoms with Crippen molar-refractivity contribution in [3.05, 3.63) is 23.9 Å². The Labute approximate surface area is 138 Å². The van der Waals surface area contributed by atoms with E-state index in [0.717, 1.165) is 25.0 Å². The first-order valence-electron chi connectivity index (χ1n) is 8.43. The van der Waals surface area contributed by atoms with Crippen LogP contribution in [0, 0.1) is 5.92 Å². The molecule has 2 rings (SSSR count). The first-order chi connectivity index (χ1) is 10.8. The third-order valence-electron chi connectivity index (χ3n) is 4.16. The first kappa shape index (κ1) is 17.7. The molecule has 5 nitrogen and oxygen atoms in total. The molecule has 23 heavy (non-hydrogen) atoms. The van der Waals surface area contributed by atoms with E-state index in [-0.39, 0.29) is 18.3 Å². The average molecular weight is 320 g/mol. The Morgan fingerprint density at radius 3 is 2.83 bits per heavy atom. The van der Waals surface area contributed by atoms with Crippen LogP contribution in [0.25, 0.3) is 0 Å². The van der Waals surface area contributed by atoms with Crippen LogP contribution >= 0.6 is 0 Å². The van der Waals surface area contributed by atoms with E-state index in [1.807, 2.05) is 32.9 Å². The maximum absolute atomic E-state index is 12.6. The number of carbonyl (C=O) groups is 2. The molecule has 0 aromatic carbocycles. The van der Waals surface area contributed by atoms with Crippen LogP contribution in [-0.2, 0) is 14.3 Å². The van der Waals surface area contributed by atoms with Crippen molar-refractivity contribution in [1.29, 1.82) is 0 Å². The molecule has 5 heteroatoms. The fourth-order valence-electron chi connectivity index (χ4n) is 3.11. The minimum atomic E-state index is -0.511. The number of esters is 1. The SMILES string of the molecule is CC(C)(C)OC(=O)CCN1C(=O)C(N)CCCC2CC=CC=C21. The van der Waals surface area contributed by atoms with Crippen molar-refractivity contribution < 1.29 is 14.3 Å². The highest BCUT2D eigenvalue weighted by Gasteiger charge is 2.31. The van der Waals surface area contributed by atoms with Gasteiger partial charge in [0.1, 0.15) is 5.60 Å². The molecule has 2 aliphatic rings. The Kier molecular flexibility index (Phi) is 5.63. The van der Waals surface area contributed by atoms with Crippen LogP contribution in [0.1, 0.15) is 52.9 Å². The largest absolute Gasteiger partial charge is 0.460 e. The molecule has 1 fully saturated rings. The first-order valence-corrected chi connectivity index (χ1v) is 8.43. The van der Waals surface area contributed by atoms with E-state index in [2.05, 4.69) is 6.08 Å². The molecule has 1 saturated heterocycles. The normalized spacial score (nSPS) is 25.3. The van der Waals surface area contributed by atoms with Gasteiger partial charge in [-0.15, -0.1) is 0 Å². The highest BCUT2D eigenvalue weighted by atomic mass is 16.6. The molecule has 2 atom stereocenters. The molecule has 1 amide bonds. The summed E-state index contributed by atoms with van der Waals surface area (Å²) in [6, 6.07) is -0.485. The summed E-state index contributed by atoms with van der Waals surface area (Å²) in [6.45, 7) is 5.85. The lowest BCUT2D eigenvalue weighted by molar-refractivity contribution is -0.155. The van der Waals surface area contributed by atoms with Crippen LogP contribution < -0.4 is 5.73 Å². The molecular formula is C18H28N2O3. The standard InChI is InChI=1S/C18H28N2O3/c1-18(2,3)23-16(21)11-12-20-15-10-5-4-7-13(15)8-6-9-14(19)17(20)22/h4-5,10,13-14H,6-9,11-12,19H2,1-3H3. The Bertz CT molecular complexity index is 517. The van der Waals surface area contributed by atoms with Gasteiger partial charge in [0.15, 0.2) is 0 Å². The number of fused-ring (bicyclic) bond motifs is 1. The zero-order chi connectivity index (χ0) is 17.0. The second-order valence-corrected chi connectivity index (χ2v) is 7.32. The van der Waals surface area contributed by atoms with Crippen LogP contribution in [0.2, 0.25) is 0 Å². The van der Waals surface area contributed by atoms with Gasteiger partial charge in [-0.2, -0.15) is 0 Å². The third kappa shape index (κ3) is 4.93. The predicted molar refractivity (Wildman–Crippen MR) is 89.3 cm³/mol. The van der Waals surface area contributed by atoms with E-state index in [4.69, 9.17) is 10.5 Å². The lowest BCUT2D eigenvalue weighted by Gasteiger charge is -2.36. The Morgan fingerprint density at radius 1 is 1.39 bits per heavy atom.